The second kappa shape index (κ2) is 7.15. The quantitative estimate of drug-likeness (QED) is 0.863. The molecule has 0 bridgehead atoms. The zero-order valence-corrected chi connectivity index (χ0v) is 13.0. The van der Waals surface area contributed by atoms with Crippen LogP contribution in [0.3, 0.4) is 0 Å². The SMILES string of the molecule is COc1cc(CNCC2CCCCC2)cc(Br)c1O. The van der Waals surface area contributed by atoms with Gasteiger partial charge in [0.05, 0.1) is 11.6 Å². The minimum atomic E-state index is 0.165. The summed E-state index contributed by atoms with van der Waals surface area (Å²) in [5.74, 6) is 1.51. The van der Waals surface area contributed by atoms with Crippen molar-refractivity contribution >= 4 is 15.9 Å². The molecular weight excluding hydrogens is 306 g/mol. The predicted molar refractivity (Wildman–Crippen MR) is 80.6 cm³/mol. The molecule has 1 aliphatic carbocycles. The summed E-state index contributed by atoms with van der Waals surface area (Å²) >= 11 is 3.35. The van der Waals surface area contributed by atoms with Crippen molar-refractivity contribution in [2.75, 3.05) is 13.7 Å². The number of halogens is 1. The lowest BCUT2D eigenvalue weighted by atomic mass is 9.89. The third-order valence-corrected chi connectivity index (χ3v) is 4.40. The van der Waals surface area contributed by atoms with Gasteiger partial charge in [-0.2, -0.15) is 0 Å². The number of methoxy groups -OCH3 is 1. The highest BCUT2D eigenvalue weighted by Gasteiger charge is 2.13. The van der Waals surface area contributed by atoms with E-state index in [1.165, 1.54) is 32.1 Å². The summed E-state index contributed by atoms with van der Waals surface area (Å²) in [6, 6.07) is 3.82. The number of hydrogen-bond donors (Lipinski definition) is 2. The summed E-state index contributed by atoms with van der Waals surface area (Å²) in [6.45, 7) is 1.90. The lowest BCUT2D eigenvalue weighted by molar-refractivity contribution is 0.341. The maximum absolute atomic E-state index is 9.76. The largest absolute Gasteiger partial charge is 0.503 e. The molecule has 1 saturated carbocycles. The van der Waals surface area contributed by atoms with Crippen LogP contribution in [0.2, 0.25) is 0 Å². The van der Waals surface area contributed by atoms with Crippen LogP contribution in [-0.4, -0.2) is 18.8 Å². The molecule has 1 aromatic carbocycles. The van der Waals surface area contributed by atoms with E-state index in [1.54, 1.807) is 7.11 Å². The van der Waals surface area contributed by atoms with Crippen molar-refractivity contribution in [1.82, 2.24) is 5.32 Å². The molecule has 1 aliphatic rings. The third-order valence-electron chi connectivity index (χ3n) is 3.80. The van der Waals surface area contributed by atoms with Crippen LogP contribution >= 0.6 is 15.9 Å². The number of nitrogens with one attached hydrogen (secondary N) is 1. The lowest BCUT2D eigenvalue weighted by Crippen LogP contribution is -2.24. The van der Waals surface area contributed by atoms with E-state index in [0.29, 0.717) is 10.2 Å². The first-order valence-corrected chi connectivity index (χ1v) is 7.76. The van der Waals surface area contributed by atoms with Crippen molar-refractivity contribution in [2.45, 2.75) is 38.6 Å². The van der Waals surface area contributed by atoms with Gasteiger partial charge in [0.2, 0.25) is 0 Å². The van der Waals surface area contributed by atoms with E-state index in [9.17, 15) is 5.11 Å². The first-order valence-electron chi connectivity index (χ1n) is 6.97. The first-order chi connectivity index (χ1) is 9.20. The lowest BCUT2D eigenvalue weighted by Gasteiger charge is -2.22. The van der Waals surface area contributed by atoms with Crippen LogP contribution in [0.15, 0.2) is 16.6 Å². The van der Waals surface area contributed by atoms with Gasteiger partial charge in [0, 0.05) is 6.54 Å². The summed E-state index contributed by atoms with van der Waals surface area (Å²) in [5.41, 5.74) is 1.12. The fourth-order valence-corrected chi connectivity index (χ4v) is 3.19. The van der Waals surface area contributed by atoms with Gasteiger partial charge in [-0.15, -0.1) is 0 Å². The standard InChI is InChI=1S/C15H22BrNO2/c1-19-14-8-12(7-13(16)15(14)18)10-17-9-11-5-3-2-4-6-11/h7-8,11,17-18H,2-6,9-10H2,1H3. The molecule has 0 radical (unpaired) electrons. The Labute approximate surface area is 123 Å². The number of benzene rings is 1. The van der Waals surface area contributed by atoms with E-state index in [1.807, 2.05) is 12.1 Å². The number of phenolic OH excluding ortho intramolecular Hbond substituents is 1. The summed E-state index contributed by atoms with van der Waals surface area (Å²) in [4.78, 5) is 0. The second-order valence-electron chi connectivity index (χ2n) is 5.26. The minimum absolute atomic E-state index is 0.165. The molecule has 2 N–H and O–H groups in total. The molecular formula is C15H22BrNO2. The molecule has 0 aromatic heterocycles. The van der Waals surface area contributed by atoms with E-state index in [0.717, 1.165) is 24.6 Å². The summed E-state index contributed by atoms with van der Waals surface area (Å²) < 4.78 is 5.84. The molecule has 2 rings (SSSR count). The van der Waals surface area contributed by atoms with Gasteiger partial charge in [-0.1, -0.05) is 19.3 Å². The van der Waals surface area contributed by atoms with Gasteiger partial charge in [-0.25, -0.2) is 0 Å². The Hall–Kier alpha value is -0.740. The van der Waals surface area contributed by atoms with Gasteiger partial charge in [0.15, 0.2) is 11.5 Å². The third kappa shape index (κ3) is 4.11. The molecule has 0 aliphatic heterocycles. The zero-order chi connectivity index (χ0) is 13.7. The van der Waals surface area contributed by atoms with E-state index in [-0.39, 0.29) is 5.75 Å². The predicted octanol–water partition coefficient (Wildman–Crippen LogP) is 3.83. The van der Waals surface area contributed by atoms with Gasteiger partial charge < -0.3 is 15.2 Å². The second-order valence-corrected chi connectivity index (χ2v) is 6.12. The highest BCUT2D eigenvalue weighted by Crippen LogP contribution is 2.35. The number of aromatic hydroxyl groups is 1. The molecule has 4 heteroatoms. The Morgan fingerprint density at radius 3 is 2.74 bits per heavy atom. The van der Waals surface area contributed by atoms with Crippen molar-refractivity contribution in [3.05, 3.63) is 22.2 Å². The molecule has 0 saturated heterocycles. The van der Waals surface area contributed by atoms with E-state index in [2.05, 4.69) is 21.2 Å². The molecule has 0 atom stereocenters. The molecule has 3 nitrogen and oxygen atoms in total. The molecule has 0 amide bonds. The Morgan fingerprint density at radius 1 is 1.32 bits per heavy atom. The Balaban J connectivity index is 1.86. The summed E-state index contributed by atoms with van der Waals surface area (Å²) in [6.07, 6.45) is 6.87. The van der Waals surface area contributed by atoms with Gasteiger partial charge in [-0.3, -0.25) is 0 Å². The first kappa shape index (κ1) is 14.7. The highest BCUT2D eigenvalue weighted by atomic mass is 79.9. The van der Waals surface area contributed by atoms with Crippen LogP contribution < -0.4 is 10.1 Å². The van der Waals surface area contributed by atoms with Gasteiger partial charge in [-0.05, 0) is 58.9 Å². The van der Waals surface area contributed by atoms with Crippen LogP contribution in [0.5, 0.6) is 11.5 Å². The van der Waals surface area contributed by atoms with Crippen molar-refractivity contribution < 1.29 is 9.84 Å². The Bertz CT molecular complexity index is 417. The van der Waals surface area contributed by atoms with E-state index < -0.39 is 0 Å². The summed E-state index contributed by atoms with van der Waals surface area (Å²) in [5, 5.41) is 13.3. The van der Waals surface area contributed by atoms with Crippen LogP contribution in [0, 0.1) is 5.92 Å². The highest BCUT2D eigenvalue weighted by molar-refractivity contribution is 9.10. The zero-order valence-electron chi connectivity index (χ0n) is 11.4. The van der Waals surface area contributed by atoms with Crippen LogP contribution in [0.1, 0.15) is 37.7 Å². The topological polar surface area (TPSA) is 41.5 Å². The molecule has 19 heavy (non-hydrogen) atoms. The van der Waals surface area contributed by atoms with Crippen molar-refractivity contribution in [1.29, 1.82) is 0 Å². The molecule has 1 fully saturated rings. The summed E-state index contributed by atoms with van der Waals surface area (Å²) in [7, 11) is 1.57. The molecule has 0 spiro atoms. The Morgan fingerprint density at radius 2 is 2.05 bits per heavy atom. The Kier molecular flexibility index (Phi) is 5.52. The maximum atomic E-state index is 9.76. The normalized spacial score (nSPS) is 16.5. The van der Waals surface area contributed by atoms with Crippen LogP contribution in [-0.2, 0) is 6.54 Å². The molecule has 0 unspecified atom stereocenters. The minimum Gasteiger partial charge on any atom is -0.503 e. The van der Waals surface area contributed by atoms with Crippen LogP contribution in [0.25, 0.3) is 0 Å². The molecule has 106 valence electrons. The smallest absolute Gasteiger partial charge is 0.172 e. The number of phenols is 1. The fraction of sp³-hybridized carbons (Fsp3) is 0.600. The van der Waals surface area contributed by atoms with Crippen LogP contribution in [0.4, 0.5) is 0 Å². The van der Waals surface area contributed by atoms with Crippen molar-refractivity contribution in [3.63, 3.8) is 0 Å². The van der Waals surface area contributed by atoms with Crippen molar-refractivity contribution in [3.8, 4) is 11.5 Å². The van der Waals surface area contributed by atoms with Gasteiger partial charge in [0.25, 0.3) is 0 Å². The molecule has 0 heterocycles. The fourth-order valence-electron chi connectivity index (χ4n) is 2.70. The number of ether oxygens (including phenoxy) is 1. The monoisotopic (exact) mass is 327 g/mol. The maximum Gasteiger partial charge on any atom is 0.172 e. The van der Waals surface area contributed by atoms with E-state index >= 15 is 0 Å². The van der Waals surface area contributed by atoms with Crippen molar-refractivity contribution in [2.24, 2.45) is 5.92 Å². The average molecular weight is 328 g/mol. The number of hydrogen-bond acceptors (Lipinski definition) is 3. The van der Waals surface area contributed by atoms with Gasteiger partial charge >= 0.3 is 0 Å². The molecule has 1 aromatic rings. The van der Waals surface area contributed by atoms with E-state index in [4.69, 9.17) is 4.74 Å². The number of rotatable bonds is 5. The van der Waals surface area contributed by atoms with Gasteiger partial charge in [0.1, 0.15) is 0 Å². The average Bonchev–Trinajstić information content (AvgIpc) is 2.43.